The second-order valence-corrected chi connectivity index (χ2v) is 4.68. The quantitative estimate of drug-likeness (QED) is 0.616. The van der Waals surface area contributed by atoms with Crippen LogP contribution in [0.15, 0.2) is 73.0 Å². The molecule has 2 rings (SSSR count). The van der Waals surface area contributed by atoms with Gasteiger partial charge in [0.25, 0.3) is 0 Å². The molecule has 0 saturated carbocycles. The number of benzene rings is 2. The van der Waals surface area contributed by atoms with Gasteiger partial charge in [-0.2, -0.15) is 0 Å². The highest BCUT2D eigenvalue weighted by molar-refractivity contribution is 5.90. The molecule has 2 aromatic carbocycles. The minimum Gasteiger partial charge on any atom is -0.504 e. The van der Waals surface area contributed by atoms with Crippen LogP contribution in [0.3, 0.4) is 0 Å². The van der Waals surface area contributed by atoms with E-state index in [2.05, 4.69) is 5.32 Å². The lowest BCUT2D eigenvalue weighted by Crippen LogP contribution is -2.14. The third kappa shape index (κ3) is 4.80. The molecule has 0 aromatic heterocycles. The molecular weight excluding hydrogens is 262 g/mol. The molecule has 3 nitrogen and oxygen atoms in total. The van der Waals surface area contributed by atoms with E-state index < -0.39 is 0 Å². The minimum absolute atomic E-state index is 0.0223. The van der Waals surface area contributed by atoms with E-state index in [0.717, 1.165) is 11.3 Å². The topological polar surface area (TPSA) is 38.3 Å². The molecule has 0 heterocycles. The number of nitrogens with one attached hydrogen (secondary N) is 1. The van der Waals surface area contributed by atoms with Crippen molar-refractivity contribution in [3.8, 4) is 0 Å². The highest BCUT2D eigenvalue weighted by Crippen LogP contribution is 2.23. The summed E-state index contributed by atoms with van der Waals surface area (Å²) in [5, 5.41) is 3.41. The summed E-state index contributed by atoms with van der Waals surface area (Å²) in [7, 11) is 1.53. The fourth-order valence-electron chi connectivity index (χ4n) is 2.09. The number of para-hydroxylation sites is 1. The standard InChI is InChI=1S/C18H19NO2/c1-21-13-12-17(20)14-18(15-8-4-2-5-9-15)19-16-10-6-3-7-11-16/h2-13,18-19H,14H2,1H3/b13-12+. The van der Waals surface area contributed by atoms with Crippen molar-refractivity contribution in [3.05, 3.63) is 78.6 Å². The van der Waals surface area contributed by atoms with Crippen molar-refractivity contribution in [3.63, 3.8) is 0 Å². The van der Waals surface area contributed by atoms with E-state index in [1.807, 2.05) is 60.7 Å². The van der Waals surface area contributed by atoms with Crippen molar-refractivity contribution in [2.24, 2.45) is 0 Å². The summed E-state index contributed by atoms with van der Waals surface area (Å²) in [6.07, 6.45) is 3.24. The van der Waals surface area contributed by atoms with Crippen molar-refractivity contribution in [1.82, 2.24) is 0 Å². The molecule has 0 amide bonds. The van der Waals surface area contributed by atoms with Gasteiger partial charge in [0.05, 0.1) is 19.4 Å². The predicted molar refractivity (Wildman–Crippen MR) is 85.0 cm³/mol. The van der Waals surface area contributed by atoms with Crippen LogP contribution in [0.1, 0.15) is 18.0 Å². The van der Waals surface area contributed by atoms with Crippen molar-refractivity contribution < 1.29 is 9.53 Å². The molecule has 0 spiro atoms. The van der Waals surface area contributed by atoms with Crippen LogP contribution < -0.4 is 5.32 Å². The van der Waals surface area contributed by atoms with Gasteiger partial charge >= 0.3 is 0 Å². The molecule has 1 atom stereocenters. The maximum Gasteiger partial charge on any atom is 0.161 e. The van der Waals surface area contributed by atoms with E-state index in [-0.39, 0.29) is 11.8 Å². The number of carbonyl (C=O) groups excluding carboxylic acids is 1. The number of rotatable bonds is 7. The number of hydrogen-bond donors (Lipinski definition) is 1. The maximum absolute atomic E-state index is 12.0. The Morgan fingerprint density at radius 2 is 1.71 bits per heavy atom. The van der Waals surface area contributed by atoms with E-state index in [4.69, 9.17) is 4.74 Å². The van der Waals surface area contributed by atoms with Crippen molar-refractivity contribution >= 4 is 11.5 Å². The molecule has 0 aliphatic rings. The maximum atomic E-state index is 12.0. The van der Waals surface area contributed by atoms with Crippen LogP contribution in [-0.4, -0.2) is 12.9 Å². The molecule has 1 N–H and O–H groups in total. The van der Waals surface area contributed by atoms with E-state index >= 15 is 0 Å². The number of ketones is 1. The average Bonchev–Trinajstić information content (AvgIpc) is 2.54. The monoisotopic (exact) mass is 281 g/mol. The van der Waals surface area contributed by atoms with Crippen molar-refractivity contribution in [2.75, 3.05) is 12.4 Å². The van der Waals surface area contributed by atoms with Crippen LogP contribution in [-0.2, 0) is 9.53 Å². The highest BCUT2D eigenvalue weighted by atomic mass is 16.5. The van der Waals surface area contributed by atoms with E-state index in [1.54, 1.807) is 0 Å². The average molecular weight is 281 g/mol. The Bertz CT molecular complexity index is 579. The smallest absolute Gasteiger partial charge is 0.161 e. The Hall–Kier alpha value is -2.55. The number of hydrogen-bond acceptors (Lipinski definition) is 3. The molecule has 0 saturated heterocycles. The van der Waals surface area contributed by atoms with Crippen LogP contribution in [0.25, 0.3) is 0 Å². The van der Waals surface area contributed by atoms with E-state index in [1.165, 1.54) is 19.4 Å². The van der Waals surface area contributed by atoms with Gasteiger partial charge in [0.2, 0.25) is 0 Å². The predicted octanol–water partition coefficient (Wildman–Crippen LogP) is 3.96. The summed E-state index contributed by atoms with van der Waals surface area (Å²) >= 11 is 0. The van der Waals surface area contributed by atoms with Crippen LogP contribution in [0.4, 0.5) is 5.69 Å². The lowest BCUT2D eigenvalue weighted by molar-refractivity contribution is -0.114. The van der Waals surface area contributed by atoms with Gasteiger partial charge in [-0.1, -0.05) is 48.5 Å². The molecule has 3 heteroatoms. The second-order valence-electron chi connectivity index (χ2n) is 4.68. The van der Waals surface area contributed by atoms with E-state index in [0.29, 0.717) is 6.42 Å². The molecule has 21 heavy (non-hydrogen) atoms. The first-order chi connectivity index (χ1) is 10.3. The normalized spacial score (nSPS) is 12.0. The lowest BCUT2D eigenvalue weighted by Gasteiger charge is -2.19. The number of methoxy groups -OCH3 is 1. The number of ether oxygens (including phenoxy) is 1. The lowest BCUT2D eigenvalue weighted by atomic mass is 10.0. The van der Waals surface area contributed by atoms with Gasteiger partial charge in [-0.15, -0.1) is 0 Å². The van der Waals surface area contributed by atoms with Crippen LogP contribution in [0.2, 0.25) is 0 Å². The first kappa shape index (κ1) is 14.9. The fourth-order valence-corrected chi connectivity index (χ4v) is 2.09. The summed E-state index contributed by atoms with van der Waals surface area (Å²) in [5.41, 5.74) is 2.08. The largest absolute Gasteiger partial charge is 0.504 e. The Morgan fingerprint density at radius 3 is 2.33 bits per heavy atom. The molecule has 0 aliphatic carbocycles. The highest BCUT2D eigenvalue weighted by Gasteiger charge is 2.14. The number of anilines is 1. The van der Waals surface area contributed by atoms with Gasteiger partial charge in [0.15, 0.2) is 5.78 Å². The second kappa shape index (κ2) is 7.90. The number of carbonyl (C=O) groups is 1. The summed E-state index contributed by atoms with van der Waals surface area (Å²) in [4.78, 5) is 12.0. The Morgan fingerprint density at radius 1 is 1.10 bits per heavy atom. The van der Waals surface area contributed by atoms with Crippen molar-refractivity contribution in [2.45, 2.75) is 12.5 Å². The first-order valence-corrected chi connectivity index (χ1v) is 6.88. The van der Waals surface area contributed by atoms with Gasteiger partial charge in [-0.3, -0.25) is 4.79 Å². The SMILES string of the molecule is CO/C=C/C(=O)CC(Nc1ccccc1)c1ccccc1. The third-order valence-electron chi connectivity index (χ3n) is 3.11. The zero-order chi connectivity index (χ0) is 14.9. The van der Waals surface area contributed by atoms with Crippen LogP contribution in [0.5, 0.6) is 0 Å². The van der Waals surface area contributed by atoms with Gasteiger partial charge < -0.3 is 10.1 Å². The molecule has 0 aliphatic heterocycles. The first-order valence-electron chi connectivity index (χ1n) is 6.88. The zero-order valence-corrected chi connectivity index (χ0v) is 12.0. The summed E-state index contributed by atoms with van der Waals surface area (Å²) in [6, 6.07) is 19.8. The molecule has 108 valence electrons. The number of allylic oxidation sites excluding steroid dienone is 1. The van der Waals surface area contributed by atoms with Crippen LogP contribution >= 0.6 is 0 Å². The molecule has 0 fully saturated rings. The Labute approximate surface area is 125 Å². The molecule has 0 bridgehead atoms. The molecule has 1 unspecified atom stereocenters. The third-order valence-corrected chi connectivity index (χ3v) is 3.11. The Balaban J connectivity index is 2.15. The van der Waals surface area contributed by atoms with Gasteiger partial charge in [-0.25, -0.2) is 0 Å². The molecule has 0 radical (unpaired) electrons. The van der Waals surface area contributed by atoms with E-state index in [9.17, 15) is 4.79 Å². The van der Waals surface area contributed by atoms with Gasteiger partial charge in [-0.05, 0) is 17.7 Å². The minimum atomic E-state index is -0.0670. The summed E-state index contributed by atoms with van der Waals surface area (Å²) in [6.45, 7) is 0. The van der Waals surface area contributed by atoms with Crippen LogP contribution in [0, 0.1) is 0 Å². The molecule has 2 aromatic rings. The summed E-state index contributed by atoms with van der Waals surface area (Å²) < 4.78 is 4.80. The summed E-state index contributed by atoms with van der Waals surface area (Å²) in [5.74, 6) is 0.0223. The van der Waals surface area contributed by atoms with Gasteiger partial charge in [0, 0.05) is 18.2 Å². The van der Waals surface area contributed by atoms with Gasteiger partial charge in [0.1, 0.15) is 0 Å². The van der Waals surface area contributed by atoms with Crippen molar-refractivity contribution in [1.29, 1.82) is 0 Å². The molecular formula is C18H19NO2. The fraction of sp³-hybridized carbons (Fsp3) is 0.167. The zero-order valence-electron chi connectivity index (χ0n) is 12.0. The Kier molecular flexibility index (Phi) is 5.59.